The molecular formula is C13H14N4O3. The fraction of sp³-hybridized carbons (Fsp3) is 0.308. The number of nitrogens with zero attached hydrogens (tertiary/aromatic N) is 2. The van der Waals surface area contributed by atoms with Crippen LogP contribution >= 0.6 is 0 Å². The summed E-state index contributed by atoms with van der Waals surface area (Å²) in [6.45, 7) is 0.355. The van der Waals surface area contributed by atoms with Crippen LogP contribution in [0.25, 0.3) is 0 Å². The number of aromatic amines is 1. The minimum Gasteiger partial charge on any atom is -0.492 e. The lowest BCUT2D eigenvalue weighted by Crippen LogP contribution is -2.32. The molecule has 20 heavy (non-hydrogen) atoms. The van der Waals surface area contributed by atoms with E-state index in [1.165, 1.54) is 7.11 Å². The van der Waals surface area contributed by atoms with Gasteiger partial charge >= 0.3 is 6.01 Å². The van der Waals surface area contributed by atoms with Crippen LogP contribution in [0.1, 0.15) is 5.56 Å². The van der Waals surface area contributed by atoms with Gasteiger partial charge in [0.05, 0.1) is 13.0 Å². The van der Waals surface area contributed by atoms with E-state index in [2.05, 4.69) is 20.5 Å². The molecule has 1 atom stereocenters. The normalized spacial score (nSPS) is 16.9. The molecule has 0 radical (unpaired) electrons. The first-order valence-corrected chi connectivity index (χ1v) is 6.24. The first-order valence-electron chi connectivity index (χ1n) is 6.24. The number of aromatic nitrogens is 3. The number of anilines is 1. The predicted molar refractivity (Wildman–Crippen MR) is 70.7 cm³/mol. The number of fused-ring (bicyclic) bond motifs is 1. The molecule has 1 aromatic carbocycles. The van der Waals surface area contributed by atoms with Gasteiger partial charge in [0.25, 0.3) is 0 Å². The van der Waals surface area contributed by atoms with E-state index in [4.69, 9.17) is 9.47 Å². The van der Waals surface area contributed by atoms with Gasteiger partial charge in [-0.25, -0.2) is 5.10 Å². The van der Waals surface area contributed by atoms with Crippen LogP contribution in [0.3, 0.4) is 0 Å². The Morgan fingerprint density at radius 2 is 2.35 bits per heavy atom. The van der Waals surface area contributed by atoms with E-state index in [9.17, 15) is 4.79 Å². The van der Waals surface area contributed by atoms with Gasteiger partial charge in [-0.1, -0.05) is 18.2 Å². The molecule has 3 rings (SSSR count). The molecule has 0 saturated carbocycles. The van der Waals surface area contributed by atoms with Crippen molar-refractivity contribution in [1.29, 1.82) is 0 Å². The molecule has 2 heterocycles. The average molecular weight is 274 g/mol. The van der Waals surface area contributed by atoms with Crippen LogP contribution in [0, 0.1) is 5.92 Å². The number of rotatable bonds is 3. The lowest BCUT2D eigenvalue weighted by molar-refractivity contribution is -0.121. The van der Waals surface area contributed by atoms with Crippen molar-refractivity contribution in [2.75, 3.05) is 19.0 Å². The maximum atomic E-state index is 12.2. The highest BCUT2D eigenvalue weighted by Gasteiger charge is 2.26. The van der Waals surface area contributed by atoms with E-state index in [1.54, 1.807) is 0 Å². The highest BCUT2D eigenvalue weighted by Crippen LogP contribution is 2.27. The first-order chi connectivity index (χ1) is 9.76. The van der Waals surface area contributed by atoms with Gasteiger partial charge in [-0.2, -0.15) is 4.98 Å². The second-order valence-electron chi connectivity index (χ2n) is 4.48. The fourth-order valence-corrected chi connectivity index (χ4v) is 2.11. The largest absolute Gasteiger partial charge is 0.492 e. The van der Waals surface area contributed by atoms with Crippen LogP contribution in [0.5, 0.6) is 11.8 Å². The van der Waals surface area contributed by atoms with Crippen molar-refractivity contribution in [2.24, 2.45) is 5.92 Å². The summed E-state index contributed by atoms with van der Waals surface area (Å²) in [5.74, 6) is 0.711. The molecule has 0 bridgehead atoms. The van der Waals surface area contributed by atoms with Gasteiger partial charge in [-0.05, 0) is 18.1 Å². The Hall–Kier alpha value is -2.57. The summed E-state index contributed by atoms with van der Waals surface area (Å²) >= 11 is 0. The maximum absolute atomic E-state index is 12.2. The predicted octanol–water partition coefficient (Wildman–Crippen LogP) is 1.00. The summed E-state index contributed by atoms with van der Waals surface area (Å²) in [5, 5.41) is 9.02. The van der Waals surface area contributed by atoms with Crippen molar-refractivity contribution >= 4 is 11.9 Å². The quantitative estimate of drug-likeness (QED) is 0.871. The molecule has 0 aliphatic carbocycles. The summed E-state index contributed by atoms with van der Waals surface area (Å²) in [4.78, 5) is 16.1. The molecule has 104 valence electrons. The minimum absolute atomic E-state index is 0.154. The molecule has 2 aromatic rings. The zero-order valence-electron chi connectivity index (χ0n) is 10.9. The van der Waals surface area contributed by atoms with Crippen molar-refractivity contribution < 1.29 is 14.3 Å². The lowest BCUT2D eigenvalue weighted by Gasteiger charge is -2.23. The molecule has 0 fully saturated rings. The Labute approximate surface area is 115 Å². The van der Waals surface area contributed by atoms with Crippen molar-refractivity contribution in [3.8, 4) is 11.8 Å². The third-order valence-corrected chi connectivity index (χ3v) is 3.14. The second kappa shape index (κ2) is 5.20. The van der Waals surface area contributed by atoms with Crippen LogP contribution in [-0.2, 0) is 11.2 Å². The van der Waals surface area contributed by atoms with Crippen LogP contribution in [-0.4, -0.2) is 34.8 Å². The molecule has 7 nitrogen and oxygen atoms in total. The highest BCUT2D eigenvalue weighted by molar-refractivity contribution is 5.91. The Bertz CT molecular complexity index is 626. The van der Waals surface area contributed by atoms with E-state index in [1.807, 2.05) is 24.3 Å². The number of hydrogen-bond acceptors (Lipinski definition) is 5. The van der Waals surface area contributed by atoms with Crippen molar-refractivity contribution in [2.45, 2.75) is 6.42 Å². The third kappa shape index (κ3) is 2.42. The fourth-order valence-electron chi connectivity index (χ4n) is 2.11. The standard InChI is InChI=1S/C13H14N4O3/c1-19-13-15-12(16-17-13)14-11(18)9-6-8-4-2-3-5-10(8)20-7-9/h2-5,9H,6-7H2,1H3,(H2,14,15,16,17,18). The van der Waals surface area contributed by atoms with Crippen LogP contribution in [0.2, 0.25) is 0 Å². The molecular weight excluding hydrogens is 260 g/mol. The third-order valence-electron chi connectivity index (χ3n) is 3.14. The van der Waals surface area contributed by atoms with Crippen LogP contribution < -0.4 is 14.8 Å². The van der Waals surface area contributed by atoms with Gasteiger partial charge < -0.3 is 9.47 Å². The monoisotopic (exact) mass is 274 g/mol. The van der Waals surface area contributed by atoms with Crippen molar-refractivity contribution in [3.63, 3.8) is 0 Å². The minimum atomic E-state index is -0.249. The zero-order valence-corrected chi connectivity index (χ0v) is 10.9. The topological polar surface area (TPSA) is 89.1 Å². The van der Waals surface area contributed by atoms with E-state index < -0.39 is 0 Å². The smallest absolute Gasteiger partial charge is 0.336 e. The van der Waals surface area contributed by atoms with Gasteiger partial charge in [0.15, 0.2) is 0 Å². The zero-order chi connectivity index (χ0) is 13.9. The number of carbonyl (C=O) groups excluding carboxylic acids is 1. The van der Waals surface area contributed by atoms with Gasteiger partial charge in [-0.15, -0.1) is 5.10 Å². The lowest BCUT2D eigenvalue weighted by atomic mass is 9.96. The number of H-pyrrole nitrogens is 1. The van der Waals surface area contributed by atoms with Gasteiger partial charge in [0, 0.05) is 0 Å². The molecule has 1 aliphatic heterocycles. The molecule has 1 amide bonds. The number of benzene rings is 1. The van der Waals surface area contributed by atoms with Crippen molar-refractivity contribution in [3.05, 3.63) is 29.8 Å². The van der Waals surface area contributed by atoms with Crippen molar-refractivity contribution in [1.82, 2.24) is 15.2 Å². The SMILES string of the molecule is COc1n[nH]c(NC(=O)C2COc3ccccc3C2)n1. The molecule has 7 heteroatoms. The summed E-state index contributed by atoms with van der Waals surface area (Å²) < 4.78 is 10.4. The Morgan fingerprint density at radius 1 is 1.50 bits per heavy atom. The summed E-state index contributed by atoms with van der Waals surface area (Å²) in [6.07, 6.45) is 0.646. The summed E-state index contributed by atoms with van der Waals surface area (Å²) in [6, 6.07) is 7.91. The number of para-hydroxylation sites is 1. The summed E-state index contributed by atoms with van der Waals surface area (Å²) in [7, 11) is 1.46. The van der Waals surface area contributed by atoms with Crippen LogP contribution in [0.4, 0.5) is 5.95 Å². The Balaban J connectivity index is 1.67. The highest BCUT2D eigenvalue weighted by atomic mass is 16.5. The van der Waals surface area contributed by atoms with Gasteiger partial charge in [-0.3, -0.25) is 10.1 Å². The van der Waals surface area contributed by atoms with Gasteiger partial charge in [0.1, 0.15) is 12.4 Å². The maximum Gasteiger partial charge on any atom is 0.336 e. The number of hydrogen-bond donors (Lipinski definition) is 2. The molecule has 1 unspecified atom stereocenters. The Kier molecular flexibility index (Phi) is 3.24. The number of carbonyl (C=O) groups is 1. The van der Waals surface area contributed by atoms with Crippen LogP contribution in [0.15, 0.2) is 24.3 Å². The average Bonchev–Trinajstić information content (AvgIpc) is 2.94. The molecule has 1 aliphatic rings. The van der Waals surface area contributed by atoms with E-state index in [0.29, 0.717) is 13.0 Å². The number of nitrogens with one attached hydrogen (secondary N) is 2. The van der Waals surface area contributed by atoms with Gasteiger partial charge in [0.2, 0.25) is 11.9 Å². The summed E-state index contributed by atoms with van der Waals surface area (Å²) in [5.41, 5.74) is 1.04. The molecule has 0 spiro atoms. The second-order valence-corrected chi connectivity index (χ2v) is 4.48. The molecule has 0 saturated heterocycles. The molecule has 1 aromatic heterocycles. The Morgan fingerprint density at radius 3 is 3.15 bits per heavy atom. The number of amides is 1. The number of methoxy groups -OCH3 is 1. The number of ether oxygens (including phenoxy) is 2. The molecule has 2 N–H and O–H groups in total. The van der Waals surface area contributed by atoms with E-state index in [0.717, 1.165) is 11.3 Å². The first kappa shape index (κ1) is 12.5. The van der Waals surface area contributed by atoms with E-state index >= 15 is 0 Å². The van der Waals surface area contributed by atoms with E-state index in [-0.39, 0.29) is 23.8 Å².